The van der Waals surface area contributed by atoms with Gasteiger partial charge in [0.25, 0.3) is 5.56 Å². The average molecular weight is 310 g/mol. The number of unbranched alkanes of at least 4 members (excludes halogenated alkanes) is 1. The van der Waals surface area contributed by atoms with Crippen molar-refractivity contribution in [1.29, 1.82) is 5.26 Å². The third-order valence-electron chi connectivity index (χ3n) is 3.71. The van der Waals surface area contributed by atoms with Crippen LogP contribution in [0.15, 0.2) is 47.3 Å². The number of nitriles is 1. The molecule has 120 valence electrons. The number of benzene rings is 1. The Labute approximate surface area is 137 Å². The van der Waals surface area contributed by atoms with E-state index in [-0.39, 0.29) is 17.0 Å². The van der Waals surface area contributed by atoms with Crippen molar-refractivity contribution < 1.29 is 4.74 Å². The number of rotatable bonds is 7. The molecule has 0 aliphatic rings. The van der Waals surface area contributed by atoms with Crippen LogP contribution in [-0.4, -0.2) is 11.2 Å². The highest BCUT2D eigenvalue weighted by Crippen LogP contribution is 2.14. The molecule has 0 aliphatic heterocycles. The highest BCUT2D eigenvalue weighted by atomic mass is 16.5. The average Bonchev–Trinajstić information content (AvgIpc) is 2.56. The number of pyridine rings is 1. The van der Waals surface area contributed by atoms with E-state index in [0.29, 0.717) is 13.2 Å². The van der Waals surface area contributed by atoms with Gasteiger partial charge in [-0.2, -0.15) is 5.26 Å². The second-order valence-electron chi connectivity index (χ2n) is 5.76. The Bertz CT molecular complexity index is 727. The van der Waals surface area contributed by atoms with Gasteiger partial charge in [-0.25, -0.2) is 0 Å². The van der Waals surface area contributed by atoms with Crippen molar-refractivity contribution in [1.82, 2.24) is 4.57 Å². The number of aromatic nitrogens is 1. The monoisotopic (exact) mass is 310 g/mol. The van der Waals surface area contributed by atoms with Crippen LogP contribution in [0.2, 0.25) is 0 Å². The van der Waals surface area contributed by atoms with Crippen molar-refractivity contribution >= 4 is 0 Å². The molecule has 2 aromatic rings. The number of ether oxygens (including phenoxy) is 1. The number of nitrogens with zero attached hydrogens (tertiary/aromatic N) is 2. The number of hydrogen-bond donors (Lipinski definition) is 0. The SMILES string of the molecule is CC(C)c1ccc(C#N)c(=O)n1CCCCOc1ccccc1. The van der Waals surface area contributed by atoms with Crippen LogP contribution in [0.4, 0.5) is 0 Å². The second-order valence-corrected chi connectivity index (χ2v) is 5.76. The molecule has 23 heavy (non-hydrogen) atoms. The molecule has 0 unspecified atom stereocenters. The molecule has 2 rings (SSSR count). The first-order valence-corrected chi connectivity index (χ1v) is 7.95. The summed E-state index contributed by atoms with van der Waals surface area (Å²) < 4.78 is 7.38. The van der Waals surface area contributed by atoms with E-state index in [2.05, 4.69) is 13.8 Å². The quantitative estimate of drug-likeness (QED) is 0.733. The second kappa shape index (κ2) is 8.19. The van der Waals surface area contributed by atoms with Gasteiger partial charge in [-0.3, -0.25) is 4.79 Å². The van der Waals surface area contributed by atoms with Crippen LogP contribution < -0.4 is 10.3 Å². The van der Waals surface area contributed by atoms with E-state index in [1.165, 1.54) is 0 Å². The largest absolute Gasteiger partial charge is 0.494 e. The van der Waals surface area contributed by atoms with E-state index in [1.807, 2.05) is 42.5 Å². The lowest BCUT2D eigenvalue weighted by Crippen LogP contribution is -2.26. The van der Waals surface area contributed by atoms with Gasteiger partial charge in [0.05, 0.1) is 6.61 Å². The van der Waals surface area contributed by atoms with Crippen LogP contribution in [0, 0.1) is 11.3 Å². The molecule has 0 radical (unpaired) electrons. The summed E-state index contributed by atoms with van der Waals surface area (Å²) in [6, 6.07) is 15.2. The summed E-state index contributed by atoms with van der Waals surface area (Å²) in [7, 11) is 0. The first-order chi connectivity index (χ1) is 11.1. The van der Waals surface area contributed by atoms with Gasteiger partial charge in [-0.05, 0) is 43.0 Å². The number of para-hydroxylation sites is 1. The summed E-state index contributed by atoms with van der Waals surface area (Å²) in [5.74, 6) is 1.11. The predicted molar refractivity (Wildman–Crippen MR) is 90.7 cm³/mol. The van der Waals surface area contributed by atoms with Crippen molar-refractivity contribution in [3.63, 3.8) is 0 Å². The Kier molecular flexibility index (Phi) is 5.99. The smallest absolute Gasteiger partial charge is 0.268 e. The lowest BCUT2D eigenvalue weighted by atomic mass is 10.1. The Morgan fingerprint density at radius 3 is 2.52 bits per heavy atom. The zero-order chi connectivity index (χ0) is 16.7. The fourth-order valence-electron chi connectivity index (χ4n) is 2.49. The standard InChI is InChI=1S/C19H22N2O2/c1-15(2)18-11-10-16(14-20)19(22)21(18)12-6-7-13-23-17-8-4-3-5-9-17/h3-5,8-11,15H,6-7,12-13H2,1-2H3. The maximum atomic E-state index is 12.3. The van der Waals surface area contributed by atoms with Crippen LogP contribution in [-0.2, 0) is 6.54 Å². The molecule has 0 N–H and O–H groups in total. The lowest BCUT2D eigenvalue weighted by molar-refractivity contribution is 0.302. The van der Waals surface area contributed by atoms with Gasteiger partial charge in [-0.15, -0.1) is 0 Å². The van der Waals surface area contributed by atoms with E-state index >= 15 is 0 Å². The first kappa shape index (κ1) is 16.8. The molecule has 0 amide bonds. The van der Waals surface area contributed by atoms with Crippen molar-refractivity contribution in [2.24, 2.45) is 0 Å². The minimum atomic E-state index is -0.192. The normalized spacial score (nSPS) is 10.5. The molecule has 0 atom stereocenters. The molecule has 1 aromatic heterocycles. The van der Waals surface area contributed by atoms with Crippen LogP contribution in [0.5, 0.6) is 5.75 Å². The van der Waals surface area contributed by atoms with E-state index in [0.717, 1.165) is 24.3 Å². The van der Waals surface area contributed by atoms with Crippen LogP contribution in [0.25, 0.3) is 0 Å². The summed E-state index contributed by atoms with van der Waals surface area (Å²) in [5.41, 5.74) is 0.982. The molecule has 0 saturated heterocycles. The highest BCUT2D eigenvalue weighted by Gasteiger charge is 2.11. The van der Waals surface area contributed by atoms with Gasteiger partial charge in [0.1, 0.15) is 17.4 Å². The summed E-state index contributed by atoms with van der Waals surface area (Å²) >= 11 is 0. The Morgan fingerprint density at radius 1 is 1.13 bits per heavy atom. The molecular formula is C19H22N2O2. The zero-order valence-electron chi connectivity index (χ0n) is 13.7. The first-order valence-electron chi connectivity index (χ1n) is 7.95. The molecule has 1 aromatic carbocycles. The van der Waals surface area contributed by atoms with Gasteiger partial charge >= 0.3 is 0 Å². The molecule has 1 heterocycles. The molecule has 0 bridgehead atoms. The zero-order valence-corrected chi connectivity index (χ0v) is 13.7. The van der Waals surface area contributed by atoms with Crippen LogP contribution in [0.3, 0.4) is 0 Å². The molecule has 0 aliphatic carbocycles. The molecule has 0 spiro atoms. The summed E-state index contributed by atoms with van der Waals surface area (Å²) in [4.78, 5) is 12.3. The lowest BCUT2D eigenvalue weighted by Gasteiger charge is -2.16. The summed E-state index contributed by atoms with van der Waals surface area (Å²) in [6.45, 7) is 5.33. The third kappa shape index (κ3) is 4.46. The van der Waals surface area contributed by atoms with E-state index in [1.54, 1.807) is 10.6 Å². The molecule has 4 nitrogen and oxygen atoms in total. The molecule has 0 saturated carbocycles. The van der Waals surface area contributed by atoms with Crippen molar-refractivity contribution in [2.45, 2.75) is 39.2 Å². The predicted octanol–water partition coefficient (Wildman–Crippen LogP) is 3.70. The highest BCUT2D eigenvalue weighted by molar-refractivity contribution is 5.28. The minimum Gasteiger partial charge on any atom is -0.494 e. The van der Waals surface area contributed by atoms with Crippen LogP contribution in [0.1, 0.15) is 43.9 Å². The van der Waals surface area contributed by atoms with Gasteiger partial charge < -0.3 is 9.30 Å². The Balaban J connectivity index is 1.95. The topological polar surface area (TPSA) is 55.0 Å². The fourth-order valence-corrected chi connectivity index (χ4v) is 2.49. The fraction of sp³-hybridized carbons (Fsp3) is 0.368. The van der Waals surface area contributed by atoms with Gasteiger partial charge in [0.2, 0.25) is 0 Å². The van der Waals surface area contributed by atoms with Crippen molar-refractivity contribution in [3.05, 3.63) is 64.1 Å². The van der Waals surface area contributed by atoms with E-state index in [4.69, 9.17) is 10.00 Å². The van der Waals surface area contributed by atoms with Crippen LogP contribution >= 0.6 is 0 Å². The Morgan fingerprint density at radius 2 is 1.87 bits per heavy atom. The van der Waals surface area contributed by atoms with E-state index < -0.39 is 0 Å². The van der Waals surface area contributed by atoms with Gasteiger partial charge in [0.15, 0.2) is 0 Å². The maximum absolute atomic E-state index is 12.3. The third-order valence-corrected chi connectivity index (χ3v) is 3.71. The minimum absolute atomic E-state index is 0.192. The summed E-state index contributed by atoms with van der Waals surface area (Å²) in [5, 5.41) is 9.02. The number of hydrogen-bond acceptors (Lipinski definition) is 3. The molecule has 4 heteroatoms. The molecular weight excluding hydrogens is 288 g/mol. The van der Waals surface area contributed by atoms with Gasteiger partial charge in [0, 0.05) is 12.2 Å². The van der Waals surface area contributed by atoms with Crippen molar-refractivity contribution in [2.75, 3.05) is 6.61 Å². The summed E-state index contributed by atoms with van der Waals surface area (Å²) in [6.07, 6.45) is 1.69. The maximum Gasteiger partial charge on any atom is 0.268 e. The van der Waals surface area contributed by atoms with Crippen molar-refractivity contribution in [3.8, 4) is 11.8 Å². The Hall–Kier alpha value is -2.54. The molecule has 0 fully saturated rings. The van der Waals surface area contributed by atoms with Gasteiger partial charge in [-0.1, -0.05) is 32.0 Å². The van der Waals surface area contributed by atoms with E-state index in [9.17, 15) is 4.79 Å².